The number of rotatable bonds is 4. The van der Waals surface area contributed by atoms with Crippen LogP contribution >= 0.6 is 0 Å². The molecular formula is C23H20N4O4. The van der Waals surface area contributed by atoms with Gasteiger partial charge in [0, 0.05) is 18.0 Å². The molecule has 8 heteroatoms. The molecule has 0 saturated heterocycles. The Kier molecular flexibility index (Phi) is 4.66. The second kappa shape index (κ2) is 7.64. The van der Waals surface area contributed by atoms with Crippen molar-refractivity contribution in [3.63, 3.8) is 0 Å². The summed E-state index contributed by atoms with van der Waals surface area (Å²) in [6.07, 6.45) is 1.61. The second-order valence-corrected chi connectivity index (χ2v) is 7.29. The highest BCUT2D eigenvalue weighted by molar-refractivity contribution is 5.91. The van der Waals surface area contributed by atoms with Gasteiger partial charge in [0.25, 0.3) is 5.56 Å². The monoisotopic (exact) mass is 416 g/mol. The smallest absolute Gasteiger partial charge is 0.280 e. The maximum Gasteiger partial charge on any atom is 0.280 e. The predicted molar refractivity (Wildman–Crippen MR) is 116 cm³/mol. The Morgan fingerprint density at radius 1 is 1.06 bits per heavy atom. The number of anilines is 1. The molecule has 0 atom stereocenters. The molecule has 2 aromatic heterocycles. The molecule has 156 valence electrons. The van der Waals surface area contributed by atoms with E-state index >= 15 is 0 Å². The van der Waals surface area contributed by atoms with Crippen LogP contribution in [-0.4, -0.2) is 33.5 Å². The van der Waals surface area contributed by atoms with Gasteiger partial charge in [-0.25, -0.2) is 9.67 Å². The van der Waals surface area contributed by atoms with Crippen molar-refractivity contribution in [2.75, 3.05) is 18.5 Å². The summed E-state index contributed by atoms with van der Waals surface area (Å²) < 4.78 is 14.2. The molecule has 0 unspecified atom stereocenters. The first-order valence-electron chi connectivity index (χ1n) is 9.93. The third-order valence-corrected chi connectivity index (χ3v) is 5.09. The van der Waals surface area contributed by atoms with Gasteiger partial charge in [0.15, 0.2) is 17.1 Å². The molecule has 3 heterocycles. The van der Waals surface area contributed by atoms with Gasteiger partial charge in [-0.15, -0.1) is 0 Å². The highest BCUT2D eigenvalue weighted by Gasteiger charge is 2.19. The number of hydrogen-bond donors (Lipinski definition) is 1. The average molecular weight is 416 g/mol. The van der Waals surface area contributed by atoms with Crippen LogP contribution in [0.1, 0.15) is 5.56 Å². The summed E-state index contributed by atoms with van der Waals surface area (Å²) in [6.45, 7) is 2.86. The summed E-state index contributed by atoms with van der Waals surface area (Å²) in [4.78, 5) is 30.3. The van der Waals surface area contributed by atoms with Crippen molar-refractivity contribution in [3.05, 3.63) is 76.7 Å². The van der Waals surface area contributed by atoms with Crippen LogP contribution in [-0.2, 0) is 11.3 Å². The van der Waals surface area contributed by atoms with E-state index in [1.807, 2.05) is 31.2 Å². The van der Waals surface area contributed by atoms with Crippen molar-refractivity contribution in [1.82, 2.24) is 14.3 Å². The maximum absolute atomic E-state index is 13.1. The Hall–Kier alpha value is -4.07. The largest absolute Gasteiger partial charge is 0.486 e. The second-order valence-electron chi connectivity index (χ2n) is 7.29. The molecule has 1 amide bonds. The van der Waals surface area contributed by atoms with Crippen molar-refractivity contribution in [2.45, 2.75) is 13.5 Å². The summed E-state index contributed by atoms with van der Waals surface area (Å²) in [7, 11) is 0. The van der Waals surface area contributed by atoms with Crippen LogP contribution < -0.4 is 20.3 Å². The molecule has 0 bridgehead atoms. The summed E-state index contributed by atoms with van der Waals surface area (Å²) in [5.41, 5.74) is 2.56. The topological polar surface area (TPSA) is 87.4 Å². The molecule has 0 aliphatic carbocycles. The number of benzene rings is 2. The Morgan fingerprint density at radius 2 is 1.84 bits per heavy atom. The maximum atomic E-state index is 13.1. The van der Waals surface area contributed by atoms with Crippen molar-refractivity contribution < 1.29 is 14.3 Å². The first-order chi connectivity index (χ1) is 15.1. The molecule has 0 radical (unpaired) electrons. The molecule has 8 nitrogen and oxygen atoms in total. The van der Waals surface area contributed by atoms with E-state index in [2.05, 4.69) is 10.3 Å². The zero-order valence-corrected chi connectivity index (χ0v) is 16.9. The Bertz CT molecular complexity index is 1340. The van der Waals surface area contributed by atoms with Gasteiger partial charge in [-0.2, -0.15) is 0 Å². The number of nitrogens with zero attached hydrogens (tertiary/aromatic N) is 3. The average Bonchev–Trinajstić information content (AvgIpc) is 3.06. The molecule has 4 aromatic rings. The number of carbonyl (C=O) groups is 1. The number of hydrogen-bond acceptors (Lipinski definition) is 5. The fourth-order valence-electron chi connectivity index (χ4n) is 3.63. The van der Waals surface area contributed by atoms with Crippen LogP contribution in [0.4, 0.5) is 5.69 Å². The molecule has 2 aromatic carbocycles. The van der Waals surface area contributed by atoms with E-state index in [1.165, 1.54) is 4.68 Å². The third-order valence-electron chi connectivity index (χ3n) is 5.09. The number of ether oxygens (including phenoxy) is 2. The van der Waals surface area contributed by atoms with Gasteiger partial charge in [-0.1, -0.05) is 17.7 Å². The number of fused-ring (bicyclic) bond motifs is 2. The van der Waals surface area contributed by atoms with E-state index < -0.39 is 0 Å². The third kappa shape index (κ3) is 3.52. The predicted octanol–water partition coefficient (Wildman–Crippen LogP) is 2.91. The summed E-state index contributed by atoms with van der Waals surface area (Å²) >= 11 is 0. The fraction of sp³-hybridized carbons (Fsp3) is 0.174. The summed E-state index contributed by atoms with van der Waals surface area (Å²) in [5.74, 6) is 0.951. The fourth-order valence-corrected chi connectivity index (χ4v) is 3.63. The van der Waals surface area contributed by atoms with Crippen molar-refractivity contribution in [1.29, 1.82) is 0 Å². The lowest BCUT2D eigenvalue weighted by Crippen LogP contribution is -2.27. The van der Waals surface area contributed by atoms with Crippen LogP contribution in [0.25, 0.3) is 16.7 Å². The summed E-state index contributed by atoms with van der Waals surface area (Å²) in [5, 5.41) is 3.32. The summed E-state index contributed by atoms with van der Waals surface area (Å²) in [6, 6.07) is 16.2. The van der Waals surface area contributed by atoms with Gasteiger partial charge < -0.3 is 14.8 Å². The number of aromatic nitrogens is 3. The van der Waals surface area contributed by atoms with E-state index in [9.17, 15) is 9.59 Å². The first-order valence-corrected chi connectivity index (χ1v) is 9.93. The lowest BCUT2D eigenvalue weighted by atomic mass is 10.2. The van der Waals surface area contributed by atoms with Crippen LogP contribution in [0.5, 0.6) is 11.5 Å². The lowest BCUT2D eigenvalue weighted by molar-refractivity contribution is -0.116. The minimum absolute atomic E-state index is 0.0852. The van der Waals surface area contributed by atoms with Crippen molar-refractivity contribution in [2.24, 2.45) is 0 Å². The van der Waals surface area contributed by atoms with Crippen molar-refractivity contribution >= 4 is 22.6 Å². The molecule has 0 fully saturated rings. The molecule has 1 aliphatic rings. The molecule has 1 aliphatic heterocycles. The van der Waals surface area contributed by atoms with Crippen molar-refractivity contribution in [3.8, 4) is 17.2 Å². The first kappa shape index (κ1) is 18.9. The standard InChI is InChI=1S/C23H20N4O4/c1-15-4-7-17(8-5-15)27-23(29)18-3-2-10-24-22(18)26(27)14-21(28)25-16-6-9-19-20(13-16)31-12-11-30-19/h2-10,13H,11-12,14H2,1H3,(H,25,28). The minimum Gasteiger partial charge on any atom is -0.486 e. The highest BCUT2D eigenvalue weighted by atomic mass is 16.6. The Balaban J connectivity index is 1.50. The highest BCUT2D eigenvalue weighted by Crippen LogP contribution is 2.32. The van der Waals surface area contributed by atoms with Gasteiger partial charge in [0.2, 0.25) is 5.91 Å². The normalized spacial score (nSPS) is 12.7. The van der Waals surface area contributed by atoms with Crippen LogP contribution in [0.2, 0.25) is 0 Å². The molecule has 31 heavy (non-hydrogen) atoms. The lowest BCUT2D eigenvalue weighted by Gasteiger charge is -2.19. The Morgan fingerprint density at radius 3 is 2.65 bits per heavy atom. The van der Waals surface area contributed by atoms with Gasteiger partial charge in [-0.05, 0) is 43.3 Å². The van der Waals surface area contributed by atoms with Gasteiger partial charge in [-0.3, -0.25) is 14.3 Å². The van der Waals surface area contributed by atoms with Crippen LogP contribution in [0.15, 0.2) is 65.6 Å². The van der Waals surface area contributed by atoms with Crippen LogP contribution in [0.3, 0.4) is 0 Å². The molecule has 1 N–H and O–H groups in total. The number of nitrogens with one attached hydrogen (secondary N) is 1. The van der Waals surface area contributed by atoms with E-state index in [0.29, 0.717) is 47.1 Å². The number of aryl methyl sites for hydroxylation is 1. The Labute approximate surface area is 177 Å². The van der Waals surface area contributed by atoms with E-state index in [4.69, 9.17) is 9.47 Å². The number of amides is 1. The van der Waals surface area contributed by atoms with Gasteiger partial charge >= 0.3 is 0 Å². The molecule has 5 rings (SSSR count). The van der Waals surface area contributed by atoms with E-state index in [0.717, 1.165) is 5.56 Å². The van der Waals surface area contributed by atoms with Gasteiger partial charge in [0.05, 0.1) is 11.1 Å². The zero-order chi connectivity index (χ0) is 21.4. The molecular weight excluding hydrogens is 396 g/mol. The molecule has 0 spiro atoms. The van der Waals surface area contributed by atoms with E-state index in [-0.39, 0.29) is 18.0 Å². The zero-order valence-electron chi connectivity index (χ0n) is 16.9. The van der Waals surface area contributed by atoms with E-state index in [1.54, 1.807) is 41.2 Å². The SMILES string of the molecule is Cc1ccc(-n2c(=O)c3cccnc3n2CC(=O)Nc2ccc3c(c2)OCCO3)cc1. The number of pyridine rings is 1. The van der Waals surface area contributed by atoms with Gasteiger partial charge in [0.1, 0.15) is 19.8 Å². The minimum atomic E-state index is -0.292. The number of carbonyl (C=O) groups excluding carboxylic acids is 1. The quantitative estimate of drug-likeness (QED) is 0.553. The molecule has 0 saturated carbocycles. The van der Waals surface area contributed by atoms with Crippen LogP contribution in [0, 0.1) is 6.92 Å².